The standard InChI is InChI=1S/C16H19N3O/c1-16(2,10-17)9-11-5-6-12-13(8-11)19-15(18-12)14-4-3-7-20-14/h3-8H,9-10,17H2,1-2H3,(H,18,19). The highest BCUT2D eigenvalue weighted by atomic mass is 16.3. The van der Waals surface area contributed by atoms with E-state index >= 15 is 0 Å². The molecular formula is C16H19N3O. The zero-order valence-corrected chi connectivity index (χ0v) is 11.8. The Labute approximate surface area is 118 Å². The van der Waals surface area contributed by atoms with Gasteiger partial charge in [-0.2, -0.15) is 0 Å². The van der Waals surface area contributed by atoms with E-state index in [1.54, 1.807) is 6.26 Å². The molecule has 0 aliphatic heterocycles. The minimum Gasteiger partial charge on any atom is -0.461 e. The molecule has 20 heavy (non-hydrogen) atoms. The number of aromatic amines is 1. The van der Waals surface area contributed by atoms with E-state index in [4.69, 9.17) is 10.2 Å². The fourth-order valence-corrected chi connectivity index (χ4v) is 2.32. The Kier molecular flexibility index (Phi) is 3.10. The molecule has 0 aliphatic carbocycles. The monoisotopic (exact) mass is 269 g/mol. The second kappa shape index (κ2) is 4.80. The summed E-state index contributed by atoms with van der Waals surface area (Å²) in [6.45, 7) is 5.03. The van der Waals surface area contributed by atoms with E-state index < -0.39 is 0 Å². The molecule has 3 aromatic rings. The lowest BCUT2D eigenvalue weighted by molar-refractivity contribution is 0.377. The lowest BCUT2D eigenvalue weighted by Gasteiger charge is -2.22. The Morgan fingerprint density at radius 1 is 1.30 bits per heavy atom. The molecule has 0 bridgehead atoms. The van der Waals surface area contributed by atoms with E-state index in [9.17, 15) is 0 Å². The van der Waals surface area contributed by atoms with Gasteiger partial charge in [-0.15, -0.1) is 0 Å². The van der Waals surface area contributed by atoms with Crippen molar-refractivity contribution in [2.45, 2.75) is 20.3 Å². The molecule has 0 fully saturated rings. The first kappa shape index (κ1) is 12.9. The van der Waals surface area contributed by atoms with Crippen LogP contribution < -0.4 is 5.73 Å². The highest BCUT2D eigenvalue weighted by molar-refractivity contribution is 5.79. The molecular weight excluding hydrogens is 250 g/mol. The van der Waals surface area contributed by atoms with E-state index in [0.717, 1.165) is 29.0 Å². The van der Waals surface area contributed by atoms with Crippen LogP contribution in [0.5, 0.6) is 0 Å². The fraction of sp³-hybridized carbons (Fsp3) is 0.312. The SMILES string of the molecule is CC(C)(CN)Cc1ccc2nc(-c3ccco3)[nH]c2c1. The van der Waals surface area contributed by atoms with Crippen molar-refractivity contribution in [2.24, 2.45) is 11.1 Å². The summed E-state index contributed by atoms with van der Waals surface area (Å²) in [6, 6.07) is 10.1. The van der Waals surface area contributed by atoms with Crippen LogP contribution in [0.15, 0.2) is 41.0 Å². The van der Waals surface area contributed by atoms with Crippen LogP contribution in [0.1, 0.15) is 19.4 Å². The molecule has 4 heteroatoms. The summed E-state index contributed by atoms with van der Waals surface area (Å²) in [7, 11) is 0. The van der Waals surface area contributed by atoms with Crippen molar-refractivity contribution in [3.63, 3.8) is 0 Å². The molecule has 0 spiro atoms. The smallest absolute Gasteiger partial charge is 0.174 e. The van der Waals surface area contributed by atoms with Gasteiger partial charge in [-0.3, -0.25) is 0 Å². The van der Waals surface area contributed by atoms with Gasteiger partial charge in [0.15, 0.2) is 11.6 Å². The van der Waals surface area contributed by atoms with Crippen LogP contribution in [0.25, 0.3) is 22.6 Å². The van der Waals surface area contributed by atoms with E-state index in [1.807, 2.05) is 18.2 Å². The van der Waals surface area contributed by atoms with Crippen LogP contribution >= 0.6 is 0 Å². The van der Waals surface area contributed by atoms with Gasteiger partial charge in [-0.1, -0.05) is 19.9 Å². The van der Waals surface area contributed by atoms with Crippen molar-refractivity contribution in [1.29, 1.82) is 0 Å². The summed E-state index contributed by atoms with van der Waals surface area (Å²) in [5.41, 5.74) is 9.16. The molecule has 0 saturated heterocycles. The quantitative estimate of drug-likeness (QED) is 0.763. The molecule has 2 aromatic heterocycles. The zero-order valence-electron chi connectivity index (χ0n) is 11.8. The normalized spacial score (nSPS) is 12.2. The third kappa shape index (κ3) is 2.47. The number of nitrogens with one attached hydrogen (secondary N) is 1. The van der Waals surface area contributed by atoms with E-state index in [-0.39, 0.29) is 5.41 Å². The van der Waals surface area contributed by atoms with Crippen molar-refractivity contribution in [1.82, 2.24) is 9.97 Å². The first-order valence-electron chi connectivity index (χ1n) is 6.80. The van der Waals surface area contributed by atoms with E-state index in [0.29, 0.717) is 6.54 Å². The number of hydrogen-bond acceptors (Lipinski definition) is 3. The predicted octanol–water partition coefficient (Wildman–Crippen LogP) is 3.35. The molecule has 0 unspecified atom stereocenters. The maximum atomic E-state index is 5.80. The number of nitrogens with two attached hydrogens (primary N) is 1. The summed E-state index contributed by atoms with van der Waals surface area (Å²) in [6.07, 6.45) is 2.60. The third-order valence-corrected chi connectivity index (χ3v) is 3.54. The summed E-state index contributed by atoms with van der Waals surface area (Å²) in [4.78, 5) is 7.84. The first-order chi connectivity index (χ1) is 9.57. The molecule has 3 rings (SSSR count). The number of aromatic nitrogens is 2. The highest BCUT2D eigenvalue weighted by Gasteiger charge is 2.17. The molecule has 1 aromatic carbocycles. The van der Waals surface area contributed by atoms with Crippen LogP contribution in [-0.2, 0) is 6.42 Å². The molecule has 2 heterocycles. The van der Waals surface area contributed by atoms with Gasteiger partial charge in [0.05, 0.1) is 17.3 Å². The molecule has 3 N–H and O–H groups in total. The Bertz CT molecular complexity index is 710. The number of H-pyrrole nitrogens is 1. The van der Waals surface area contributed by atoms with Crippen LogP contribution in [0.4, 0.5) is 0 Å². The summed E-state index contributed by atoms with van der Waals surface area (Å²) in [5, 5.41) is 0. The number of nitrogens with zero attached hydrogens (tertiary/aromatic N) is 1. The van der Waals surface area contributed by atoms with Gasteiger partial charge >= 0.3 is 0 Å². The van der Waals surface area contributed by atoms with Gasteiger partial charge in [0.2, 0.25) is 0 Å². The van der Waals surface area contributed by atoms with Gasteiger partial charge in [0.1, 0.15) is 0 Å². The number of rotatable bonds is 4. The van der Waals surface area contributed by atoms with Crippen LogP contribution in [0.3, 0.4) is 0 Å². The number of benzene rings is 1. The first-order valence-corrected chi connectivity index (χ1v) is 6.80. The zero-order chi connectivity index (χ0) is 14.2. The van der Waals surface area contributed by atoms with Crippen molar-refractivity contribution < 1.29 is 4.42 Å². The minimum absolute atomic E-state index is 0.109. The third-order valence-electron chi connectivity index (χ3n) is 3.54. The van der Waals surface area contributed by atoms with Gasteiger partial charge in [0.25, 0.3) is 0 Å². The predicted molar refractivity (Wildman–Crippen MR) is 80.3 cm³/mol. The minimum atomic E-state index is 0.109. The summed E-state index contributed by atoms with van der Waals surface area (Å²) < 4.78 is 5.37. The summed E-state index contributed by atoms with van der Waals surface area (Å²) in [5.74, 6) is 1.52. The molecule has 0 amide bonds. The number of hydrogen-bond donors (Lipinski definition) is 2. The van der Waals surface area contributed by atoms with Crippen LogP contribution in [0, 0.1) is 5.41 Å². The summed E-state index contributed by atoms with van der Waals surface area (Å²) >= 11 is 0. The molecule has 104 valence electrons. The average molecular weight is 269 g/mol. The number of fused-ring (bicyclic) bond motifs is 1. The maximum absolute atomic E-state index is 5.80. The molecule has 0 atom stereocenters. The average Bonchev–Trinajstić information content (AvgIpc) is 3.06. The van der Waals surface area contributed by atoms with Crippen molar-refractivity contribution in [3.8, 4) is 11.6 Å². The Balaban J connectivity index is 1.95. The number of furan rings is 1. The van der Waals surface area contributed by atoms with Gasteiger partial charge in [-0.05, 0) is 48.2 Å². The van der Waals surface area contributed by atoms with Crippen LogP contribution in [0.2, 0.25) is 0 Å². The second-order valence-corrected chi connectivity index (χ2v) is 5.96. The topological polar surface area (TPSA) is 67.8 Å². The molecule has 0 aliphatic rings. The second-order valence-electron chi connectivity index (χ2n) is 5.96. The Morgan fingerprint density at radius 3 is 2.85 bits per heavy atom. The van der Waals surface area contributed by atoms with Crippen LogP contribution in [-0.4, -0.2) is 16.5 Å². The molecule has 4 nitrogen and oxygen atoms in total. The van der Waals surface area contributed by atoms with Crippen molar-refractivity contribution in [3.05, 3.63) is 42.2 Å². The van der Waals surface area contributed by atoms with E-state index in [2.05, 4.69) is 35.9 Å². The lowest BCUT2D eigenvalue weighted by Crippen LogP contribution is -2.25. The largest absolute Gasteiger partial charge is 0.461 e. The van der Waals surface area contributed by atoms with Crippen molar-refractivity contribution in [2.75, 3.05) is 6.54 Å². The molecule has 0 radical (unpaired) electrons. The van der Waals surface area contributed by atoms with Gasteiger partial charge in [0, 0.05) is 0 Å². The number of imidazole rings is 1. The van der Waals surface area contributed by atoms with Gasteiger partial charge < -0.3 is 15.1 Å². The lowest BCUT2D eigenvalue weighted by atomic mass is 9.86. The van der Waals surface area contributed by atoms with E-state index in [1.165, 1.54) is 5.56 Å². The van der Waals surface area contributed by atoms with Gasteiger partial charge in [-0.25, -0.2) is 4.98 Å². The highest BCUT2D eigenvalue weighted by Crippen LogP contribution is 2.25. The Morgan fingerprint density at radius 2 is 2.15 bits per heavy atom. The fourth-order valence-electron chi connectivity index (χ4n) is 2.32. The molecule has 0 saturated carbocycles. The maximum Gasteiger partial charge on any atom is 0.174 e. The van der Waals surface area contributed by atoms with Crippen molar-refractivity contribution >= 4 is 11.0 Å². The Hall–Kier alpha value is -2.07.